The molecule has 1 unspecified atom stereocenters. The molecule has 0 radical (unpaired) electrons. The maximum Gasteiger partial charge on any atom is 0.328 e. The lowest BCUT2D eigenvalue weighted by atomic mass is 9.87. The second kappa shape index (κ2) is 11.2. The Morgan fingerprint density at radius 3 is 2.35 bits per heavy atom. The molecule has 1 saturated carbocycles. The summed E-state index contributed by atoms with van der Waals surface area (Å²) in [6.07, 6.45) is 4.06. The third kappa shape index (κ3) is 6.50. The zero-order valence-electron chi connectivity index (χ0n) is 20.1. The first kappa shape index (κ1) is 26.0. The molecule has 1 heterocycles. The van der Waals surface area contributed by atoms with E-state index in [9.17, 15) is 23.1 Å². The van der Waals surface area contributed by atoms with Gasteiger partial charge < -0.3 is 15.7 Å². The van der Waals surface area contributed by atoms with Crippen LogP contribution in [-0.4, -0.2) is 55.8 Å². The van der Waals surface area contributed by atoms with Gasteiger partial charge in [-0.15, -0.1) is 0 Å². The van der Waals surface area contributed by atoms with Crippen LogP contribution in [0.4, 0.5) is 9.59 Å². The Balaban J connectivity index is 1.46. The normalized spacial score (nSPS) is 23.1. The summed E-state index contributed by atoms with van der Waals surface area (Å²) in [6.45, 7) is 6.79. The van der Waals surface area contributed by atoms with E-state index in [2.05, 4.69) is 22.3 Å². The first-order valence-electron chi connectivity index (χ1n) is 11.9. The Morgan fingerprint density at radius 1 is 1.12 bits per heavy atom. The Labute approximate surface area is 202 Å². The smallest absolute Gasteiger partial charge is 0.328 e. The minimum Gasteiger partial charge on any atom is -0.369 e. The van der Waals surface area contributed by atoms with E-state index in [0.29, 0.717) is 31.8 Å². The Kier molecular flexibility index (Phi) is 8.59. The topological polar surface area (TPSA) is 128 Å². The first-order chi connectivity index (χ1) is 16.1. The lowest BCUT2D eigenvalue weighted by molar-refractivity contribution is 0.0758. The van der Waals surface area contributed by atoms with Crippen molar-refractivity contribution in [2.45, 2.75) is 76.5 Å². The lowest BCUT2D eigenvalue weighted by Gasteiger charge is -2.26. The van der Waals surface area contributed by atoms with Crippen LogP contribution in [0, 0.1) is 5.92 Å². The molecule has 188 valence electrons. The Bertz CT molecular complexity index is 1010. The third-order valence-corrected chi connectivity index (χ3v) is 8.05. The second-order valence-electron chi connectivity index (χ2n) is 9.32. The van der Waals surface area contributed by atoms with E-state index in [0.717, 1.165) is 42.4 Å². The van der Waals surface area contributed by atoms with E-state index in [1.54, 1.807) is 12.1 Å². The molecule has 0 spiro atoms. The summed E-state index contributed by atoms with van der Waals surface area (Å²) in [5, 5.41) is 15.8. The number of hydrogen-bond acceptors (Lipinski definition) is 5. The van der Waals surface area contributed by atoms with Crippen molar-refractivity contribution in [3.05, 3.63) is 41.0 Å². The van der Waals surface area contributed by atoms with Gasteiger partial charge in [0.15, 0.2) is 6.23 Å². The molecule has 9 nitrogen and oxygen atoms in total. The van der Waals surface area contributed by atoms with Crippen LogP contribution in [0.15, 0.2) is 40.3 Å². The Morgan fingerprint density at radius 2 is 1.76 bits per heavy atom. The summed E-state index contributed by atoms with van der Waals surface area (Å²) < 4.78 is 27.2. The van der Waals surface area contributed by atoms with Crippen LogP contribution in [0.2, 0.25) is 0 Å². The number of sulfonamides is 1. The lowest BCUT2D eigenvalue weighted by Crippen LogP contribution is -2.45. The van der Waals surface area contributed by atoms with Crippen molar-refractivity contribution in [1.29, 1.82) is 0 Å². The molecule has 1 aliphatic heterocycles. The van der Waals surface area contributed by atoms with Crippen molar-refractivity contribution in [2.75, 3.05) is 13.1 Å². The molecule has 0 aromatic heterocycles. The van der Waals surface area contributed by atoms with Crippen molar-refractivity contribution in [3.63, 3.8) is 0 Å². The summed E-state index contributed by atoms with van der Waals surface area (Å²) in [5.41, 5.74) is 2.73. The van der Waals surface area contributed by atoms with Crippen LogP contribution in [0.3, 0.4) is 0 Å². The first-order valence-corrected chi connectivity index (χ1v) is 13.4. The van der Waals surface area contributed by atoms with E-state index in [4.69, 9.17) is 0 Å². The number of carbonyl (C=O) groups excluding carboxylic acids is 2. The zero-order chi connectivity index (χ0) is 24.9. The van der Waals surface area contributed by atoms with Crippen molar-refractivity contribution in [2.24, 2.45) is 5.92 Å². The van der Waals surface area contributed by atoms with Crippen LogP contribution in [0.1, 0.15) is 58.4 Å². The molecule has 0 saturated heterocycles. The van der Waals surface area contributed by atoms with Gasteiger partial charge in [0.1, 0.15) is 0 Å². The number of hydrogen-bond donors (Lipinski definition) is 4. The van der Waals surface area contributed by atoms with E-state index in [1.165, 1.54) is 17.0 Å². The van der Waals surface area contributed by atoms with Gasteiger partial charge in [-0.1, -0.05) is 31.6 Å². The minimum atomic E-state index is -3.97. The highest BCUT2D eigenvalue weighted by Crippen LogP contribution is 2.25. The maximum atomic E-state index is 12.5. The summed E-state index contributed by atoms with van der Waals surface area (Å²) >= 11 is 0. The predicted molar refractivity (Wildman–Crippen MR) is 130 cm³/mol. The quantitative estimate of drug-likeness (QED) is 0.435. The summed E-state index contributed by atoms with van der Waals surface area (Å²) in [6, 6.07) is 5.17. The van der Waals surface area contributed by atoms with Gasteiger partial charge in [0.2, 0.25) is 0 Å². The van der Waals surface area contributed by atoms with Crippen LogP contribution in [0.25, 0.3) is 0 Å². The van der Waals surface area contributed by atoms with Crippen LogP contribution in [0.5, 0.6) is 0 Å². The van der Waals surface area contributed by atoms with Crippen molar-refractivity contribution in [1.82, 2.24) is 20.3 Å². The zero-order valence-corrected chi connectivity index (χ0v) is 21.0. The summed E-state index contributed by atoms with van der Waals surface area (Å²) in [5.74, 6) is 0.638. The van der Waals surface area contributed by atoms with Crippen LogP contribution < -0.4 is 15.4 Å². The predicted octanol–water partition coefficient (Wildman–Crippen LogP) is 2.87. The van der Waals surface area contributed by atoms with Crippen molar-refractivity contribution < 1.29 is 23.1 Å². The molecule has 1 aromatic carbocycles. The van der Waals surface area contributed by atoms with Gasteiger partial charge in [-0.25, -0.2) is 22.7 Å². The number of nitrogens with zero attached hydrogens (tertiary/aromatic N) is 1. The molecule has 0 bridgehead atoms. The van der Waals surface area contributed by atoms with Gasteiger partial charge in [0, 0.05) is 19.1 Å². The van der Waals surface area contributed by atoms with E-state index >= 15 is 0 Å². The van der Waals surface area contributed by atoms with Gasteiger partial charge in [0.05, 0.1) is 4.90 Å². The van der Waals surface area contributed by atoms with E-state index in [-0.39, 0.29) is 17.0 Å². The fraction of sp³-hybridized carbons (Fsp3) is 0.583. The molecule has 34 heavy (non-hydrogen) atoms. The van der Waals surface area contributed by atoms with Gasteiger partial charge in [-0.05, 0) is 74.6 Å². The molecule has 4 amide bonds. The van der Waals surface area contributed by atoms with E-state index in [1.807, 2.05) is 13.8 Å². The molecule has 1 fully saturated rings. The van der Waals surface area contributed by atoms with E-state index < -0.39 is 22.3 Å². The van der Waals surface area contributed by atoms with Crippen LogP contribution in [-0.2, 0) is 16.4 Å². The number of aliphatic hydroxyl groups is 1. The molecular weight excluding hydrogens is 456 g/mol. The molecular formula is C24H36N4O5S. The largest absolute Gasteiger partial charge is 0.369 e. The average molecular weight is 493 g/mol. The SMILES string of the molecule is CCC1=C(C)CN(C(=O)NCCc2ccc(S(=O)(=O)NC(=O)N[C@H]3CC[C@H](C)CC3)cc2)C1O. The van der Waals surface area contributed by atoms with Crippen molar-refractivity contribution in [3.8, 4) is 0 Å². The highest BCUT2D eigenvalue weighted by molar-refractivity contribution is 7.90. The van der Waals surface area contributed by atoms with Gasteiger partial charge in [-0.2, -0.15) is 0 Å². The standard InChI is InChI=1S/C24H36N4O5S/c1-4-21-17(3)15-28(22(21)29)24(31)25-14-13-18-7-11-20(12-8-18)34(32,33)27-23(30)26-19-9-5-16(2)6-10-19/h7-8,11-12,16,19,22,29H,4-6,9-10,13-15H2,1-3H3,(H,25,31)(H2,26,27,30)/t16-,19-,22?. The average Bonchev–Trinajstić information content (AvgIpc) is 3.08. The molecule has 1 atom stereocenters. The van der Waals surface area contributed by atoms with Gasteiger partial charge >= 0.3 is 12.1 Å². The third-order valence-electron chi connectivity index (χ3n) is 6.71. The molecule has 1 aliphatic carbocycles. The molecule has 3 rings (SSSR count). The molecule has 2 aliphatic rings. The Hall–Kier alpha value is -2.59. The highest BCUT2D eigenvalue weighted by atomic mass is 32.2. The van der Waals surface area contributed by atoms with Crippen LogP contribution >= 0.6 is 0 Å². The van der Waals surface area contributed by atoms with Crippen molar-refractivity contribution >= 4 is 22.1 Å². The fourth-order valence-corrected chi connectivity index (χ4v) is 5.49. The maximum absolute atomic E-state index is 12.5. The minimum absolute atomic E-state index is 0.00100. The highest BCUT2D eigenvalue weighted by Gasteiger charge is 2.31. The number of aliphatic hydroxyl groups excluding tert-OH is 1. The monoisotopic (exact) mass is 492 g/mol. The van der Waals surface area contributed by atoms with Gasteiger partial charge in [0.25, 0.3) is 10.0 Å². The fourth-order valence-electron chi connectivity index (χ4n) is 4.57. The number of nitrogens with one attached hydrogen (secondary N) is 3. The summed E-state index contributed by atoms with van der Waals surface area (Å²) in [7, 11) is -3.97. The summed E-state index contributed by atoms with van der Waals surface area (Å²) in [4.78, 5) is 26.0. The number of urea groups is 2. The van der Waals surface area contributed by atoms with Gasteiger partial charge in [-0.3, -0.25) is 4.90 Å². The number of rotatable bonds is 7. The molecule has 10 heteroatoms. The number of benzene rings is 1. The second-order valence-corrected chi connectivity index (χ2v) is 11.0. The molecule has 1 aromatic rings. The number of carbonyl (C=O) groups is 2. The number of amides is 4. The molecule has 4 N–H and O–H groups in total.